The quantitative estimate of drug-likeness (QED) is 0.754. The van der Waals surface area contributed by atoms with Crippen LogP contribution in [0.5, 0.6) is 5.75 Å². The van der Waals surface area contributed by atoms with Crippen molar-refractivity contribution in [3.63, 3.8) is 0 Å². The van der Waals surface area contributed by atoms with E-state index in [1.807, 2.05) is 0 Å². The fourth-order valence-corrected chi connectivity index (χ4v) is 2.86. The number of fused-ring (bicyclic) bond motifs is 1. The molecule has 1 aliphatic rings. The van der Waals surface area contributed by atoms with E-state index in [-0.39, 0.29) is 32.6 Å². The first-order valence-corrected chi connectivity index (χ1v) is 8.22. The number of hydrogen-bond donors (Lipinski definition) is 1. The summed E-state index contributed by atoms with van der Waals surface area (Å²) in [5, 5.41) is 2.53. The molecule has 1 heterocycles. The molecule has 0 aromatic heterocycles. The lowest BCUT2D eigenvalue weighted by Crippen LogP contribution is -2.37. The van der Waals surface area contributed by atoms with Crippen molar-refractivity contribution in [1.29, 1.82) is 0 Å². The minimum absolute atomic E-state index is 0.0227. The van der Waals surface area contributed by atoms with Gasteiger partial charge in [0, 0.05) is 0 Å². The molecule has 0 aliphatic carbocycles. The second kappa shape index (κ2) is 7.50. The molecule has 0 saturated heterocycles. The Morgan fingerprint density at radius 3 is 2.19 bits per heavy atom. The van der Waals surface area contributed by atoms with E-state index in [0.29, 0.717) is 4.90 Å². The van der Waals surface area contributed by atoms with Crippen LogP contribution in [0.2, 0.25) is 10.0 Å². The number of benzene rings is 2. The van der Waals surface area contributed by atoms with Crippen LogP contribution in [0.3, 0.4) is 0 Å². The van der Waals surface area contributed by atoms with Crippen LogP contribution in [0, 0.1) is 0 Å². The Balaban J connectivity index is 1.76. The molecule has 2 aromatic rings. The summed E-state index contributed by atoms with van der Waals surface area (Å²) in [6.07, 6.45) is 0. The summed E-state index contributed by atoms with van der Waals surface area (Å²) in [4.78, 5) is 37.7. The lowest BCUT2D eigenvalue weighted by molar-refractivity contribution is -0.116. The summed E-state index contributed by atoms with van der Waals surface area (Å²) < 4.78 is 29.2. The maximum atomic E-state index is 12.4. The Morgan fingerprint density at radius 2 is 1.63 bits per heavy atom. The van der Waals surface area contributed by atoms with Crippen LogP contribution < -0.4 is 10.1 Å². The third-order valence-electron chi connectivity index (χ3n) is 3.69. The third kappa shape index (κ3) is 3.86. The molecule has 6 nitrogen and oxygen atoms in total. The number of carbonyl (C=O) groups excluding carboxylic acids is 3. The summed E-state index contributed by atoms with van der Waals surface area (Å²) in [6, 6.07) is 8.04. The number of alkyl halides is 2. The number of rotatable bonds is 5. The Bertz CT molecular complexity index is 912. The van der Waals surface area contributed by atoms with Crippen molar-refractivity contribution < 1.29 is 27.9 Å². The van der Waals surface area contributed by atoms with Gasteiger partial charge in [0.1, 0.15) is 12.3 Å². The zero-order valence-corrected chi connectivity index (χ0v) is 14.9. The molecule has 1 aliphatic heterocycles. The smallest absolute Gasteiger partial charge is 0.387 e. The van der Waals surface area contributed by atoms with Gasteiger partial charge in [-0.15, -0.1) is 0 Å². The minimum atomic E-state index is -3.08. The number of nitrogens with one attached hydrogen (secondary N) is 1. The molecule has 0 atom stereocenters. The summed E-state index contributed by atoms with van der Waals surface area (Å²) >= 11 is 11.7. The normalized spacial score (nSPS) is 13.1. The molecule has 2 aromatic carbocycles. The minimum Gasteiger partial charge on any atom is -0.433 e. The van der Waals surface area contributed by atoms with Crippen LogP contribution in [0.15, 0.2) is 36.4 Å². The molecule has 0 fully saturated rings. The Labute approximate surface area is 161 Å². The van der Waals surface area contributed by atoms with Crippen LogP contribution in [-0.4, -0.2) is 35.8 Å². The van der Waals surface area contributed by atoms with Gasteiger partial charge < -0.3 is 10.1 Å². The maximum Gasteiger partial charge on any atom is 0.387 e. The van der Waals surface area contributed by atoms with Gasteiger partial charge in [0.2, 0.25) is 5.91 Å². The van der Waals surface area contributed by atoms with Gasteiger partial charge in [0.25, 0.3) is 11.8 Å². The highest BCUT2D eigenvalue weighted by Crippen LogP contribution is 2.31. The van der Waals surface area contributed by atoms with Crippen molar-refractivity contribution in [1.82, 2.24) is 4.90 Å². The van der Waals surface area contributed by atoms with Gasteiger partial charge >= 0.3 is 6.61 Å². The van der Waals surface area contributed by atoms with E-state index in [1.54, 1.807) is 0 Å². The zero-order chi connectivity index (χ0) is 19.7. The highest BCUT2D eigenvalue weighted by atomic mass is 35.5. The number of halogens is 4. The molecular weight excluding hydrogens is 405 g/mol. The summed E-state index contributed by atoms with van der Waals surface area (Å²) in [6.45, 7) is -3.70. The molecule has 1 N–H and O–H groups in total. The van der Waals surface area contributed by atoms with Crippen LogP contribution in [0.25, 0.3) is 0 Å². The van der Waals surface area contributed by atoms with E-state index in [1.165, 1.54) is 36.4 Å². The van der Waals surface area contributed by atoms with Crippen molar-refractivity contribution in [2.45, 2.75) is 6.61 Å². The van der Waals surface area contributed by atoms with Gasteiger partial charge in [-0.25, -0.2) is 0 Å². The molecule has 27 heavy (non-hydrogen) atoms. The Hall–Kier alpha value is -2.71. The highest BCUT2D eigenvalue weighted by Gasteiger charge is 2.37. The predicted molar refractivity (Wildman–Crippen MR) is 93.5 cm³/mol. The molecule has 3 rings (SSSR count). The number of hydrogen-bond acceptors (Lipinski definition) is 4. The maximum absolute atomic E-state index is 12.4. The number of imide groups is 1. The average molecular weight is 415 g/mol. The Kier molecular flexibility index (Phi) is 5.29. The second-order valence-corrected chi connectivity index (χ2v) is 6.25. The molecule has 10 heteroatoms. The van der Waals surface area contributed by atoms with Gasteiger partial charge in [-0.05, 0) is 24.3 Å². The third-order valence-corrected chi connectivity index (χ3v) is 4.41. The van der Waals surface area contributed by atoms with E-state index < -0.39 is 30.9 Å². The van der Waals surface area contributed by atoms with Gasteiger partial charge in [-0.3, -0.25) is 19.3 Å². The summed E-state index contributed by atoms with van der Waals surface area (Å²) in [7, 11) is 0. The zero-order valence-electron chi connectivity index (χ0n) is 13.3. The van der Waals surface area contributed by atoms with Crippen molar-refractivity contribution in [3.05, 3.63) is 57.6 Å². The van der Waals surface area contributed by atoms with Crippen LogP contribution in [-0.2, 0) is 4.79 Å². The number of amides is 3. The molecule has 0 radical (unpaired) electrons. The van der Waals surface area contributed by atoms with Crippen molar-refractivity contribution in [2.24, 2.45) is 0 Å². The number of ether oxygens (including phenoxy) is 1. The lowest BCUT2D eigenvalue weighted by atomic mass is 10.1. The Morgan fingerprint density at radius 1 is 1.07 bits per heavy atom. The first-order chi connectivity index (χ1) is 12.8. The van der Waals surface area contributed by atoms with E-state index in [0.717, 1.165) is 0 Å². The van der Waals surface area contributed by atoms with E-state index >= 15 is 0 Å². The van der Waals surface area contributed by atoms with Gasteiger partial charge in [0.05, 0.1) is 26.9 Å². The van der Waals surface area contributed by atoms with Crippen molar-refractivity contribution in [3.8, 4) is 5.75 Å². The fraction of sp³-hybridized carbons (Fsp3) is 0.118. The monoisotopic (exact) mass is 414 g/mol. The number of nitrogens with zero attached hydrogens (tertiary/aromatic N) is 1. The second-order valence-electron chi connectivity index (χ2n) is 5.43. The van der Waals surface area contributed by atoms with E-state index in [4.69, 9.17) is 23.2 Å². The number of anilines is 1. The lowest BCUT2D eigenvalue weighted by Gasteiger charge is -2.15. The van der Waals surface area contributed by atoms with Gasteiger partial charge in [-0.2, -0.15) is 8.78 Å². The largest absolute Gasteiger partial charge is 0.433 e. The molecule has 0 bridgehead atoms. The van der Waals surface area contributed by atoms with Crippen molar-refractivity contribution in [2.75, 3.05) is 11.9 Å². The molecule has 140 valence electrons. The SMILES string of the molecule is O=C(CN1C(=O)c2cc(Cl)c(Cl)cc2C1=O)Nc1ccccc1OC(F)F. The van der Waals surface area contributed by atoms with Gasteiger partial charge in [0.15, 0.2) is 0 Å². The van der Waals surface area contributed by atoms with Crippen LogP contribution in [0.1, 0.15) is 20.7 Å². The molecule has 0 saturated carbocycles. The molecule has 0 spiro atoms. The number of para-hydroxylation sites is 2. The van der Waals surface area contributed by atoms with Crippen molar-refractivity contribution >= 4 is 46.6 Å². The molecule has 0 unspecified atom stereocenters. The van der Waals surface area contributed by atoms with Crippen LogP contribution >= 0.6 is 23.2 Å². The van der Waals surface area contributed by atoms with E-state index in [2.05, 4.69) is 10.1 Å². The first kappa shape index (κ1) is 19.1. The standard InChI is InChI=1S/C17H10Cl2F2N2O4/c18-10-5-8-9(6-11(10)19)16(26)23(15(8)25)7-14(24)22-12-3-1-2-4-13(12)27-17(20)21/h1-6,17H,7H2,(H,22,24). The molecule has 3 amide bonds. The van der Waals surface area contributed by atoms with E-state index in [9.17, 15) is 23.2 Å². The highest BCUT2D eigenvalue weighted by molar-refractivity contribution is 6.43. The predicted octanol–water partition coefficient (Wildman–Crippen LogP) is 3.83. The summed E-state index contributed by atoms with van der Waals surface area (Å²) in [5.74, 6) is -2.43. The first-order valence-electron chi connectivity index (χ1n) is 7.47. The number of carbonyl (C=O) groups is 3. The summed E-state index contributed by atoms with van der Waals surface area (Å²) in [5.41, 5.74) is 0.0396. The topological polar surface area (TPSA) is 75.7 Å². The van der Waals surface area contributed by atoms with Crippen LogP contribution in [0.4, 0.5) is 14.5 Å². The average Bonchev–Trinajstić information content (AvgIpc) is 2.81. The van der Waals surface area contributed by atoms with Gasteiger partial charge in [-0.1, -0.05) is 35.3 Å². The molecular formula is C17H10Cl2F2N2O4. The fourth-order valence-electron chi connectivity index (χ4n) is 2.53.